The average Bonchev–Trinajstić information content (AvgIpc) is 1.89. The summed E-state index contributed by atoms with van der Waals surface area (Å²) in [5, 5.41) is 20.1. The summed E-state index contributed by atoms with van der Waals surface area (Å²) >= 11 is 0. The van der Waals surface area contributed by atoms with Crippen molar-refractivity contribution in [1.82, 2.24) is 0 Å². The molecule has 1 atom stereocenters. The van der Waals surface area contributed by atoms with Crippen LogP contribution in [0.2, 0.25) is 0 Å². The molecule has 2 N–H and O–H groups in total. The molecular formula is C4H9N3O2. The third kappa shape index (κ3) is 5.10. The van der Waals surface area contributed by atoms with Crippen LogP contribution in [0.25, 0.3) is 10.4 Å². The molecule has 9 heavy (non-hydrogen) atoms. The van der Waals surface area contributed by atoms with Crippen molar-refractivity contribution in [1.29, 1.82) is 0 Å². The van der Waals surface area contributed by atoms with Gasteiger partial charge in [0.25, 0.3) is 0 Å². The van der Waals surface area contributed by atoms with Gasteiger partial charge in [-0.1, -0.05) is 5.11 Å². The summed E-state index contributed by atoms with van der Waals surface area (Å²) in [5.41, 5.74) is 7.77. The van der Waals surface area contributed by atoms with E-state index < -0.39 is 6.10 Å². The van der Waals surface area contributed by atoms with Crippen LogP contribution in [0.3, 0.4) is 0 Å². The third-order valence-corrected chi connectivity index (χ3v) is 0.836. The van der Waals surface area contributed by atoms with E-state index in [4.69, 9.17) is 15.7 Å². The molecule has 0 bridgehead atoms. The first-order chi connectivity index (χ1) is 4.31. The summed E-state index contributed by atoms with van der Waals surface area (Å²) < 4.78 is 0. The monoisotopic (exact) mass is 131 g/mol. The lowest BCUT2D eigenvalue weighted by atomic mass is 10.3. The maximum Gasteiger partial charge on any atom is 0.0772 e. The standard InChI is InChI=1S/C4H9N3O2/c5-7-6-2-1-4(9)3-8/h4,8-9H,1-3H2/t4-/m0/s1. The van der Waals surface area contributed by atoms with Crippen molar-refractivity contribution in [3.63, 3.8) is 0 Å². The van der Waals surface area contributed by atoms with Crippen LogP contribution in [0.5, 0.6) is 0 Å². The van der Waals surface area contributed by atoms with Gasteiger partial charge >= 0.3 is 0 Å². The largest absolute Gasteiger partial charge is 0.394 e. The van der Waals surface area contributed by atoms with Crippen LogP contribution in [-0.2, 0) is 0 Å². The second-order valence-electron chi connectivity index (χ2n) is 1.58. The van der Waals surface area contributed by atoms with Crippen molar-refractivity contribution in [2.75, 3.05) is 13.2 Å². The lowest BCUT2D eigenvalue weighted by Crippen LogP contribution is -2.12. The zero-order valence-electron chi connectivity index (χ0n) is 4.93. The Balaban J connectivity index is 3.16. The van der Waals surface area contributed by atoms with E-state index >= 15 is 0 Å². The van der Waals surface area contributed by atoms with Crippen molar-refractivity contribution >= 4 is 0 Å². The van der Waals surface area contributed by atoms with Crippen molar-refractivity contribution in [3.8, 4) is 0 Å². The van der Waals surface area contributed by atoms with Gasteiger partial charge in [-0.2, -0.15) is 0 Å². The van der Waals surface area contributed by atoms with E-state index in [0.29, 0.717) is 6.42 Å². The van der Waals surface area contributed by atoms with Gasteiger partial charge in [0, 0.05) is 11.5 Å². The molecular weight excluding hydrogens is 122 g/mol. The summed E-state index contributed by atoms with van der Waals surface area (Å²) in [6, 6.07) is 0. The van der Waals surface area contributed by atoms with Gasteiger partial charge < -0.3 is 10.2 Å². The fourth-order valence-corrected chi connectivity index (χ4v) is 0.343. The molecule has 5 nitrogen and oxygen atoms in total. The molecule has 0 aliphatic heterocycles. The fourth-order valence-electron chi connectivity index (χ4n) is 0.343. The highest BCUT2D eigenvalue weighted by Gasteiger charge is 1.97. The van der Waals surface area contributed by atoms with Crippen LogP contribution in [0, 0.1) is 0 Å². The van der Waals surface area contributed by atoms with Gasteiger partial charge in [0.1, 0.15) is 0 Å². The summed E-state index contributed by atoms with van der Waals surface area (Å²) in [6.07, 6.45) is -0.434. The van der Waals surface area contributed by atoms with Gasteiger partial charge in [-0.3, -0.25) is 0 Å². The zero-order chi connectivity index (χ0) is 7.11. The normalized spacial score (nSPS) is 12.2. The summed E-state index contributed by atoms with van der Waals surface area (Å²) in [6.45, 7) is -0.0425. The molecule has 0 aliphatic carbocycles. The van der Waals surface area contributed by atoms with Gasteiger partial charge in [-0.15, -0.1) is 0 Å². The van der Waals surface area contributed by atoms with Crippen LogP contribution in [0.4, 0.5) is 0 Å². The fraction of sp³-hybridized carbons (Fsp3) is 1.00. The number of azide groups is 1. The predicted octanol–water partition coefficient (Wildman–Crippen LogP) is 0.0400. The lowest BCUT2D eigenvalue weighted by Gasteiger charge is -2.01. The van der Waals surface area contributed by atoms with Crippen molar-refractivity contribution < 1.29 is 10.2 Å². The SMILES string of the molecule is [N-]=[N+]=NCC[C@H](O)CO. The maximum atomic E-state index is 8.65. The molecule has 5 heteroatoms. The Morgan fingerprint density at radius 1 is 1.67 bits per heavy atom. The van der Waals surface area contributed by atoms with Crippen LogP contribution in [-0.4, -0.2) is 29.5 Å². The first-order valence-corrected chi connectivity index (χ1v) is 2.61. The average molecular weight is 131 g/mol. The number of nitrogens with zero attached hydrogens (tertiary/aromatic N) is 3. The van der Waals surface area contributed by atoms with E-state index in [1.54, 1.807) is 0 Å². The highest BCUT2D eigenvalue weighted by atomic mass is 16.3. The molecule has 0 aromatic heterocycles. The van der Waals surface area contributed by atoms with E-state index in [9.17, 15) is 0 Å². The second kappa shape index (κ2) is 5.37. The van der Waals surface area contributed by atoms with E-state index in [2.05, 4.69) is 10.0 Å². The van der Waals surface area contributed by atoms with Crippen molar-refractivity contribution in [3.05, 3.63) is 10.4 Å². The number of hydrogen-bond donors (Lipinski definition) is 2. The minimum Gasteiger partial charge on any atom is -0.394 e. The topological polar surface area (TPSA) is 89.2 Å². The molecule has 0 radical (unpaired) electrons. The van der Waals surface area contributed by atoms with E-state index in [-0.39, 0.29) is 13.2 Å². The van der Waals surface area contributed by atoms with Gasteiger partial charge in [0.05, 0.1) is 12.7 Å². The molecule has 0 rings (SSSR count). The van der Waals surface area contributed by atoms with E-state index in [1.807, 2.05) is 0 Å². The number of rotatable bonds is 4. The first-order valence-electron chi connectivity index (χ1n) is 2.61. The lowest BCUT2D eigenvalue weighted by molar-refractivity contribution is 0.0903. The first kappa shape index (κ1) is 8.23. The third-order valence-electron chi connectivity index (χ3n) is 0.836. The Labute approximate surface area is 52.6 Å². The molecule has 0 heterocycles. The van der Waals surface area contributed by atoms with Crippen LogP contribution in [0.15, 0.2) is 5.11 Å². The van der Waals surface area contributed by atoms with Crippen LogP contribution < -0.4 is 0 Å². The zero-order valence-corrected chi connectivity index (χ0v) is 4.93. The van der Waals surface area contributed by atoms with Crippen LogP contribution in [0.1, 0.15) is 6.42 Å². The van der Waals surface area contributed by atoms with Crippen LogP contribution >= 0.6 is 0 Å². The predicted molar refractivity (Wildman–Crippen MR) is 31.7 cm³/mol. The minimum atomic E-state index is -0.754. The summed E-state index contributed by atoms with van der Waals surface area (Å²) in [4.78, 5) is 2.47. The Bertz CT molecular complexity index is 110. The summed E-state index contributed by atoms with van der Waals surface area (Å²) in [5.74, 6) is 0. The Hall–Kier alpha value is -0.770. The molecule has 0 unspecified atom stereocenters. The van der Waals surface area contributed by atoms with Crippen molar-refractivity contribution in [2.45, 2.75) is 12.5 Å². The molecule has 0 amide bonds. The molecule has 0 fully saturated rings. The van der Waals surface area contributed by atoms with Gasteiger partial charge in [-0.25, -0.2) is 0 Å². The molecule has 0 saturated heterocycles. The Morgan fingerprint density at radius 3 is 2.78 bits per heavy atom. The minimum absolute atomic E-state index is 0.234. The van der Waals surface area contributed by atoms with Gasteiger partial charge in [0.15, 0.2) is 0 Å². The maximum absolute atomic E-state index is 8.65. The quantitative estimate of drug-likeness (QED) is 0.320. The molecule has 0 aromatic rings. The van der Waals surface area contributed by atoms with Gasteiger partial charge in [0.2, 0.25) is 0 Å². The molecule has 0 spiro atoms. The number of hydrogen-bond acceptors (Lipinski definition) is 3. The number of aliphatic hydroxyl groups is 2. The summed E-state index contributed by atoms with van der Waals surface area (Å²) in [7, 11) is 0. The second-order valence-corrected chi connectivity index (χ2v) is 1.58. The smallest absolute Gasteiger partial charge is 0.0772 e. The highest BCUT2D eigenvalue weighted by molar-refractivity contribution is 4.55. The van der Waals surface area contributed by atoms with E-state index in [1.165, 1.54) is 0 Å². The van der Waals surface area contributed by atoms with Gasteiger partial charge in [-0.05, 0) is 12.0 Å². The van der Waals surface area contributed by atoms with Crippen molar-refractivity contribution in [2.24, 2.45) is 5.11 Å². The Kier molecular flexibility index (Phi) is 4.91. The molecule has 0 aromatic carbocycles. The number of aliphatic hydroxyl groups excluding tert-OH is 2. The molecule has 0 aliphatic rings. The Morgan fingerprint density at radius 2 is 2.33 bits per heavy atom. The van der Waals surface area contributed by atoms with E-state index in [0.717, 1.165) is 0 Å². The molecule has 52 valence electrons. The highest BCUT2D eigenvalue weighted by Crippen LogP contribution is 1.89. The molecule has 0 saturated carbocycles.